The van der Waals surface area contributed by atoms with E-state index >= 15 is 0 Å². The molecule has 1 aromatic rings. The minimum Gasteiger partial charge on any atom is -0.480 e. The molecule has 0 aliphatic carbocycles. The number of benzene rings is 1. The minimum absolute atomic E-state index is 0.236. The summed E-state index contributed by atoms with van der Waals surface area (Å²) in [5, 5.41) is 8.54. The van der Waals surface area contributed by atoms with Crippen molar-refractivity contribution in [2.75, 3.05) is 0 Å². The molecule has 0 aliphatic heterocycles. The van der Waals surface area contributed by atoms with Gasteiger partial charge in [-0.3, -0.25) is 9.59 Å². The lowest BCUT2D eigenvalue weighted by molar-refractivity contribution is -0.142. The first-order valence-electron chi connectivity index (χ1n) is 5.66. The maximum Gasteiger partial charge on any atom is 0.328 e. The molecule has 3 N–H and O–H groups in total. The van der Waals surface area contributed by atoms with Gasteiger partial charge in [-0.05, 0) is 24.8 Å². The average Bonchev–Trinajstić information content (AvgIpc) is 2.34. The SMILES string of the molecule is NC(C(=O)O)C(=O)CCCCc1ccccc1. The Kier molecular flexibility index (Phi) is 5.36. The van der Waals surface area contributed by atoms with Crippen LogP contribution >= 0.6 is 0 Å². The fourth-order valence-corrected chi connectivity index (χ4v) is 1.57. The molecule has 1 aromatic carbocycles. The van der Waals surface area contributed by atoms with Gasteiger partial charge in [0.25, 0.3) is 0 Å². The Balaban J connectivity index is 2.21. The number of hydrogen-bond donors (Lipinski definition) is 2. The van der Waals surface area contributed by atoms with E-state index in [1.54, 1.807) is 0 Å². The van der Waals surface area contributed by atoms with Crippen molar-refractivity contribution in [3.8, 4) is 0 Å². The molecule has 0 fully saturated rings. The van der Waals surface area contributed by atoms with Gasteiger partial charge in [0.2, 0.25) is 0 Å². The molecule has 0 bridgehead atoms. The van der Waals surface area contributed by atoms with E-state index in [0.717, 1.165) is 12.8 Å². The second-order valence-corrected chi connectivity index (χ2v) is 3.97. The van der Waals surface area contributed by atoms with Gasteiger partial charge >= 0.3 is 5.97 Å². The second kappa shape index (κ2) is 6.81. The number of hydrogen-bond acceptors (Lipinski definition) is 3. The molecule has 0 saturated heterocycles. The Hall–Kier alpha value is -1.68. The third-order valence-corrected chi connectivity index (χ3v) is 2.59. The van der Waals surface area contributed by atoms with E-state index in [2.05, 4.69) is 0 Å². The molecule has 0 heterocycles. The Morgan fingerprint density at radius 2 is 1.82 bits per heavy atom. The summed E-state index contributed by atoms with van der Waals surface area (Å²) in [6.07, 6.45) is 2.67. The van der Waals surface area contributed by atoms with E-state index in [-0.39, 0.29) is 6.42 Å². The van der Waals surface area contributed by atoms with Gasteiger partial charge in [0.05, 0.1) is 0 Å². The summed E-state index contributed by atoms with van der Waals surface area (Å²) < 4.78 is 0. The van der Waals surface area contributed by atoms with Crippen LogP contribution in [0.25, 0.3) is 0 Å². The van der Waals surface area contributed by atoms with Crippen LogP contribution < -0.4 is 5.73 Å². The summed E-state index contributed by atoms with van der Waals surface area (Å²) in [4.78, 5) is 21.7. The highest BCUT2D eigenvalue weighted by Gasteiger charge is 2.19. The van der Waals surface area contributed by atoms with Crippen molar-refractivity contribution < 1.29 is 14.7 Å². The fraction of sp³-hybridized carbons (Fsp3) is 0.385. The number of carboxylic acid groups (broad SMARTS) is 1. The number of Topliss-reactive ketones (excluding diaryl/α,β-unsaturated/α-hetero) is 1. The van der Waals surface area contributed by atoms with Gasteiger partial charge in [0.1, 0.15) is 0 Å². The molecule has 92 valence electrons. The normalized spacial score (nSPS) is 12.1. The number of aryl methyl sites for hydroxylation is 1. The summed E-state index contributed by atoms with van der Waals surface area (Å²) >= 11 is 0. The molecule has 0 spiro atoms. The van der Waals surface area contributed by atoms with E-state index < -0.39 is 17.8 Å². The lowest BCUT2D eigenvalue weighted by Gasteiger charge is -2.05. The molecule has 0 amide bonds. The van der Waals surface area contributed by atoms with Crippen LogP contribution in [0.3, 0.4) is 0 Å². The molecule has 17 heavy (non-hydrogen) atoms. The maximum absolute atomic E-state index is 11.3. The Bertz CT molecular complexity index is 376. The number of carbonyl (C=O) groups is 2. The van der Waals surface area contributed by atoms with Crippen LogP contribution in [0.2, 0.25) is 0 Å². The quantitative estimate of drug-likeness (QED) is 0.552. The third-order valence-electron chi connectivity index (χ3n) is 2.59. The number of rotatable bonds is 7. The molecule has 4 nitrogen and oxygen atoms in total. The number of carboxylic acids is 1. The molecule has 0 saturated carbocycles. The predicted molar refractivity (Wildman–Crippen MR) is 64.6 cm³/mol. The van der Waals surface area contributed by atoms with Crippen LogP contribution in [0.4, 0.5) is 0 Å². The van der Waals surface area contributed by atoms with Crippen molar-refractivity contribution in [1.82, 2.24) is 0 Å². The number of nitrogens with two attached hydrogens (primary N) is 1. The number of carbonyl (C=O) groups excluding carboxylic acids is 1. The minimum atomic E-state index is -1.37. The Labute approximate surface area is 100 Å². The highest BCUT2D eigenvalue weighted by Crippen LogP contribution is 2.07. The fourth-order valence-electron chi connectivity index (χ4n) is 1.57. The van der Waals surface area contributed by atoms with E-state index in [1.165, 1.54) is 5.56 Å². The van der Waals surface area contributed by atoms with Crippen LogP contribution in [0.15, 0.2) is 30.3 Å². The lowest BCUT2D eigenvalue weighted by atomic mass is 10.0. The zero-order chi connectivity index (χ0) is 12.7. The molecule has 4 heteroatoms. The topological polar surface area (TPSA) is 80.4 Å². The molecule has 0 aromatic heterocycles. The summed E-state index contributed by atoms with van der Waals surface area (Å²) in [7, 11) is 0. The zero-order valence-corrected chi connectivity index (χ0v) is 9.63. The highest BCUT2D eigenvalue weighted by molar-refractivity contribution is 6.01. The lowest BCUT2D eigenvalue weighted by Crippen LogP contribution is -2.38. The monoisotopic (exact) mass is 235 g/mol. The van der Waals surface area contributed by atoms with Crippen molar-refractivity contribution in [3.05, 3.63) is 35.9 Å². The predicted octanol–water partition coefficient (Wildman–Crippen LogP) is 1.38. The second-order valence-electron chi connectivity index (χ2n) is 3.97. The van der Waals surface area contributed by atoms with Crippen molar-refractivity contribution in [2.24, 2.45) is 5.73 Å². The largest absolute Gasteiger partial charge is 0.480 e. The summed E-state index contributed by atoms with van der Waals surface area (Å²) in [5.74, 6) is -1.65. The summed E-state index contributed by atoms with van der Waals surface area (Å²) in [6, 6.07) is 8.60. The van der Waals surface area contributed by atoms with Crippen LogP contribution in [0.5, 0.6) is 0 Å². The molecule has 1 unspecified atom stereocenters. The molecular weight excluding hydrogens is 218 g/mol. The van der Waals surface area contributed by atoms with Gasteiger partial charge < -0.3 is 10.8 Å². The Morgan fingerprint density at radius 1 is 1.18 bits per heavy atom. The van der Waals surface area contributed by atoms with Crippen molar-refractivity contribution in [2.45, 2.75) is 31.7 Å². The first-order valence-corrected chi connectivity index (χ1v) is 5.66. The van der Waals surface area contributed by atoms with Gasteiger partial charge in [-0.1, -0.05) is 30.3 Å². The highest BCUT2D eigenvalue weighted by atomic mass is 16.4. The molecule has 0 aliphatic rings. The number of ketones is 1. The Morgan fingerprint density at radius 3 is 2.41 bits per heavy atom. The molecular formula is C13H17NO3. The van der Waals surface area contributed by atoms with E-state index in [9.17, 15) is 9.59 Å². The van der Waals surface area contributed by atoms with E-state index in [4.69, 9.17) is 10.8 Å². The van der Waals surface area contributed by atoms with Crippen molar-refractivity contribution >= 4 is 11.8 Å². The molecule has 0 radical (unpaired) electrons. The summed E-state index contributed by atoms with van der Waals surface area (Å²) in [5.41, 5.74) is 6.43. The van der Waals surface area contributed by atoms with Crippen LogP contribution in [-0.4, -0.2) is 22.9 Å². The van der Waals surface area contributed by atoms with Gasteiger partial charge in [-0.15, -0.1) is 0 Å². The van der Waals surface area contributed by atoms with Crippen molar-refractivity contribution in [3.63, 3.8) is 0 Å². The van der Waals surface area contributed by atoms with Gasteiger partial charge in [-0.2, -0.15) is 0 Å². The average molecular weight is 235 g/mol. The van der Waals surface area contributed by atoms with Crippen LogP contribution in [0, 0.1) is 0 Å². The van der Waals surface area contributed by atoms with Gasteiger partial charge in [-0.25, -0.2) is 0 Å². The van der Waals surface area contributed by atoms with Gasteiger partial charge in [0.15, 0.2) is 11.8 Å². The van der Waals surface area contributed by atoms with E-state index in [1.807, 2.05) is 30.3 Å². The summed E-state index contributed by atoms with van der Waals surface area (Å²) in [6.45, 7) is 0. The van der Waals surface area contributed by atoms with E-state index in [0.29, 0.717) is 6.42 Å². The number of aliphatic carboxylic acids is 1. The zero-order valence-electron chi connectivity index (χ0n) is 9.63. The maximum atomic E-state index is 11.3. The molecule has 1 rings (SSSR count). The van der Waals surface area contributed by atoms with Crippen LogP contribution in [-0.2, 0) is 16.0 Å². The standard InChI is InChI=1S/C13H17NO3/c14-12(13(16)17)11(15)9-5-4-8-10-6-2-1-3-7-10/h1-3,6-7,12H,4-5,8-9,14H2,(H,16,17). The first-order chi connectivity index (χ1) is 8.11. The van der Waals surface area contributed by atoms with Crippen LogP contribution in [0.1, 0.15) is 24.8 Å². The number of unbranched alkanes of at least 4 members (excludes halogenated alkanes) is 1. The molecule has 1 atom stereocenters. The third kappa shape index (κ3) is 4.78. The van der Waals surface area contributed by atoms with Crippen molar-refractivity contribution in [1.29, 1.82) is 0 Å². The van der Waals surface area contributed by atoms with Gasteiger partial charge in [0, 0.05) is 6.42 Å². The smallest absolute Gasteiger partial charge is 0.328 e. The first kappa shape index (κ1) is 13.4.